The average molecular weight is 240 g/mol. The van der Waals surface area contributed by atoms with Crippen molar-refractivity contribution < 1.29 is 14.3 Å². The number of aryl methyl sites for hydroxylation is 1. The van der Waals surface area contributed by atoms with Crippen molar-refractivity contribution in [3.8, 4) is 0 Å². The van der Waals surface area contributed by atoms with E-state index in [4.69, 9.17) is 16.7 Å². The van der Waals surface area contributed by atoms with E-state index < -0.39 is 11.8 Å². The first-order valence-corrected chi connectivity index (χ1v) is 4.86. The van der Waals surface area contributed by atoms with Crippen LogP contribution in [0.2, 0.25) is 5.02 Å². The lowest BCUT2D eigenvalue weighted by molar-refractivity contribution is 0.0691. The van der Waals surface area contributed by atoms with E-state index in [1.165, 1.54) is 18.2 Å². The molecule has 1 aromatic carbocycles. The first kappa shape index (κ1) is 10.8. The fourth-order valence-corrected chi connectivity index (χ4v) is 1.77. The van der Waals surface area contributed by atoms with Gasteiger partial charge in [-0.3, -0.25) is 0 Å². The minimum Gasteiger partial charge on any atom is -0.477 e. The predicted molar refractivity (Wildman–Crippen MR) is 58.4 cm³/mol. The maximum absolute atomic E-state index is 13.1. The van der Waals surface area contributed by atoms with Crippen molar-refractivity contribution in [3.63, 3.8) is 0 Å². The molecule has 0 aliphatic rings. The number of nitrogens with zero attached hydrogens (tertiary/aromatic N) is 1. The number of benzene rings is 1. The lowest BCUT2D eigenvalue weighted by Crippen LogP contribution is -2.01. The van der Waals surface area contributed by atoms with Gasteiger partial charge in [-0.2, -0.15) is 0 Å². The Morgan fingerprint density at radius 3 is 2.75 bits per heavy atom. The Bertz CT molecular complexity index is 598. The van der Waals surface area contributed by atoms with Gasteiger partial charge in [-0.25, -0.2) is 14.2 Å². The Labute approximate surface area is 95.5 Å². The summed E-state index contributed by atoms with van der Waals surface area (Å²) in [5.74, 6) is -1.58. The van der Waals surface area contributed by atoms with Crippen LogP contribution in [0.3, 0.4) is 0 Å². The van der Waals surface area contributed by atoms with Gasteiger partial charge in [0.05, 0.1) is 10.5 Å². The molecule has 0 saturated carbocycles. The molecule has 0 bridgehead atoms. The number of hydrogen-bond acceptors (Lipinski definition) is 2. The number of aromatic nitrogens is 1. The molecule has 1 N–H and O–H groups in total. The molecule has 0 spiro atoms. The monoisotopic (exact) mass is 239 g/mol. The van der Waals surface area contributed by atoms with E-state index in [1.54, 1.807) is 6.92 Å². The van der Waals surface area contributed by atoms with Crippen LogP contribution < -0.4 is 0 Å². The number of carbonyl (C=O) groups is 1. The van der Waals surface area contributed by atoms with Crippen LogP contribution in [0, 0.1) is 12.7 Å². The molecule has 82 valence electrons. The summed E-state index contributed by atoms with van der Waals surface area (Å²) in [6.07, 6.45) is 0. The van der Waals surface area contributed by atoms with E-state index in [0.717, 1.165) is 0 Å². The molecular formula is C11H7ClFNO2. The molecule has 0 saturated heterocycles. The molecule has 2 rings (SSSR count). The molecule has 1 aromatic heterocycles. The Hall–Kier alpha value is -1.68. The number of rotatable bonds is 1. The molecule has 0 fully saturated rings. The van der Waals surface area contributed by atoms with Crippen molar-refractivity contribution in [2.75, 3.05) is 0 Å². The van der Waals surface area contributed by atoms with E-state index >= 15 is 0 Å². The Balaban J connectivity index is 2.87. The summed E-state index contributed by atoms with van der Waals surface area (Å²) < 4.78 is 13.1. The van der Waals surface area contributed by atoms with Gasteiger partial charge < -0.3 is 5.11 Å². The number of carboxylic acids is 1. The zero-order valence-corrected chi connectivity index (χ0v) is 9.05. The molecule has 3 nitrogen and oxygen atoms in total. The molecule has 0 aliphatic heterocycles. The first-order valence-electron chi connectivity index (χ1n) is 4.48. The average Bonchev–Trinajstić information content (AvgIpc) is 2.19. The van der Waals surface area contributed by atoms with E-state index in [0.29, 0.717) is 16.5 Å². The standard InChI is InChI=1S/C11H7ClFNO2/c1-5-2-6(13)3-7-8(12)4-9(11(15)16)14-10(5)7/h2-4H,1H3,(H,15,16). The van der Waals surface area contributed by atoms with Gasteiger partial charge in [0.25, 0.3) is 0 Å². The van der Waals surface area contributed by atoms with E-state index in [-0.39, 0.29) is 10.7 Å². The van der Waals surface area contributed by atoms with Crippen LogP contribution in [0.1, 0.15) is 16.1 Å². The number of pyridine rings is 1. The van der Waals surface area contributed by atoms with Crippen molar-refractivity contribution in [3.05, 3.63) is 40.3 Å². The quantitative estimate of drug-likeness (QED) is 0.832. The molecule has 1 heterocycles. The number of carboxylic acid groups (broad SMARTS) is 1. The van der Waals surface area contributed by atoms with Crippen molar-refractivity contribution in [2.24, 2.45) is 0 Å². The highest BCUT2D eigenvalue weighted by atomic mass is 35.5. The molecule has 0 radical (unpaired) electrons. The van der Waals surface area contributed by atoms with Crippen LogP contribution in [-0.2, 0) is 0 Å². The smallest absolute Gasteiger partial charge is 0.354 e. The minimum absolute atomic E-state index is 0.146. The Morgan fingerprint density at radius 2 is 2.12 bits per heavy atom. The number of hydrogen-bond donors (Lipinski definition) is 1. The largest absolute Gasteiger partial charge is 0.477 e. The predicted octanol–water partition coefficient (Wildman–Crippen LogP) is 3.03. The number of aromatic carboxylic acids is 1. The lowest BCUT2D eigenvalue weighted by atomic mass is 10.1. The number of fused-ring (bicyclic) bond motifs is 1. The SMILES string of the molecule is Cc1cc(F)cc2c(Cl)cc(C(=O)O)nc12. The highest BCUT2D eigenvalue weighted by Crippen LogP contribution is 2.26. The van der Waals surface area contributed by atoms with Crippen LogP contribution in [-0.4, -0.2) is 16.1 Å². The zero-order chi connectivity index (χ0) is 11.9. The maximum Gasteiger partial charge on any atom is 0.354 e. The van der Waals surface area contributed by atoms with E-state index in [2.05, 4.69) is 4.98 Å². The fraction of sp³-hybridized carbons (Fsp3) is 0.0909. The van der Waals surface area contributed by atoms with Gasteiger partial charge in [-0.1, -0.05) is 11.6 Å². The fourth-order valence-electron chi connectivity index (χ4n) is 1.53. The van der Waals surface area contributed by atoms with Gasteiger partial charge in [0.2, 0.25) is 0 Å². The molecular weight excluding hydrogens is 233 g/mol. The summed E-state index contributed by atoms with van der Waals surface area (Å²) in [6, 6.07) is 3.74. The van der Waals surface area contributed by atoms with Gasteiger partial charge in [-0.15, -0.1) is 0 Å². The van der Waals surface area contributed by atoms with Crippen molar-refractivity contribution in [1.29, 1.82) is 0 Å². The summed E-state index contributed by atoms with van der Waals surface area (Å²) in [5.41, 5.74) is 0.818. The summed E-state index contributed by atoms with van der Waals surface area (Å²) in [6.45, 7) is 1.65. The first-order chi connectivity index (χ1) is 7.49. The van der Waals surface area contributed by atoms with Crippen LogP contribution >= 0.6 is 11.6 Å². The third kappa shape index (κ3) is 1.72. The van der Waals surface area contributed by atoms with Gasteiger partial charge >= 0.3 is 5.97 Å². The van der Waals surface area contributed by atoms with Gasteiger partial charge in [0.15, 0.2) is 0 Å². The van der Waals surface area contributed by atoms with Gasteiger partial charge in [-0.05, 0) is 30.7 Å². The molecule has 16 heavy (non-hydrogen) atoms. The van der Waals surface area contributed by atoms with Gasteiger partial charge in [0, 0.05) is 5.39 Å². The maximum atomic E-state index is 13.1. The van der Waals surface area contributed by atoms with E-state index in [9.17, 15) is 9.18 Å². The lowest BCUT2D eigenvalue weighted by Gasteiger charge is -2.05. The van der Waals surface area contributed by atoms with Crippen molar-refractivity contribution >= 4 is 28.5 Å². The summed E-state index contributed by atoms with van der Waals surface area (Å²) in [7, 11) is 0. The summed E-state index contributed by atoms with van der Waals surface area (Å²) in [4.78, 5) is 14.7. The number of halogens is 2. The van der Waals surface area contributed by atoms with Crippen LogP contribution in [0.15, 0.2) is 18.2 Å². The van der Waals surface area contributed by atoms with Crippen LogP contribution in [0.5, 0.6) is 0 Å². The Morgan fingerprint density at radius 1 is 1.44 bits per heavy atom. The molecule has 2 aromatic rings. The van der Waals surface area contributed by atoms with Crippen LogP contribution in [0.4, 0.5) is 4.39 Å². The zero-order valence-electron chi connectivity index (χ0n) is 8.29. The Kier molecular flexibility index (Phi) is 2.52. The highest BCUT2D eigenvalue weighted by Gasteiger charge is 2.12. The second kappa shape index (κ2) is 3.72. The van der Waals surface area contributed by atoms with E-state index in [1.807, 2.05) is 0 Å². The topological polar surface area (TPSA) is 50.2 Å². The molecule has 5 heteroatoms. The minimum atomic E-state index is -1.16. The van der Waals surface area contributed by atoms with Crippen molar-refractivity contribution in [1.82, 2.24) is 4.98 Å². The molecule has 0 amide bonds. The second-order valence-corrected chi connectivity index (χ2v) is 3.82. The van der Waals surface area contributed by atoms with Crippen LogP contribution in [0.25, 0.3) is 10.9 Å². The molecule has 0 aliphatic carbocycles. The van der Waals surface area contributed by atoms with Gasteiger partial charge in [0.1, 0.15) is 11.5 Å². The molecule has 0 unspecified atom stereocenters. The van der Waals surface area contributed by atoms with Crippen molar-refractivity contribution in [2.45, 2.75) is 6.92 Å². The second-order valence-electron chi connectivity index (χ2n) is 3.41. The third-order valence-corrected chi connectivity index (χ3v) is 2.55. The highest BCUT2D eigenvalue weighted by molar-refractivity contribution is 6.35. The summed E-state index contributed by atoms with van der Waals surface area (Å²) in [5, 5.41) is 9.42. The summed E-state index contributed by atoms with van der Waals surface area (Å²) >= 11 is 5.88. The third-order valence-electron chi connectivity index (χ3n) is 2.24. The normalized spacial score (nSPS) is 10.7. The molecule has 0 atom stereocenters.